The zero-order chi connectivity index (χ0) is 20.2. The molecule has 5 nitrogen and oxygen atoms in total. The summed E-state index contributed by atoms with van der Waals surface area (Å²) in [6, 6.07) is 3.45. The molecule has 28 heavy (non-hydrogen) atoms. The third kappa shape index (κ3) is 2.93. The van der Waals surface area contributed by atoms with Crippen molar-refractivity contribution in [2.45, 2.75) is 51.9 Å². The van der Waals surface area contributed by atoms with E-state index in [9.17, 15) is 13.6 Å². The van der Waals surface area contributed by atoms with E-state index in [1.54, 1.807) is 25.5 Å². The molecule has 0 spiro atoms. The third-order valence-electron chi connectivity index (χ3n) is 5.57. The van der Waals surface area contributed by atoms with Gasteiger partial charge >= 0.3 is 0 Å². The molecule has 0 unspecified atom stereocenters. The first-order valence-electron chi connectivity index (χ1n) is 9.46. The van der Waals surface area contributed by atoms with Gasteiger partial charge in [-0.2, -0.15) is 10.1 Å². The van der Waals surface area contributed by atoms with Gasteiger partial charge in [-0.3, -0.25) is 4.79 Å². The molecule has 1 aromatic heterocycles. The molecule has 2 atom stereocenters. The molecule has 0 saturated heterocycles. The van der Waals surface area contributed by atoms with Crippen LogP contribution >= 0.6 is 0 Å². The van der Waals surface area contributed by atoms with E-state index in [1.165, 1.54) is 19.2 Å². The Balaban J connectivity index is 1.89. The van der Waals surface area contributed by atoms with Gasteiger partial charge in [0.15, 0.2) is 11.5 Å². The summed E-state index contributed by atoms with van der Waals surface area (Å²) >= 11 is 0. The van der Waals surface area contributed by atoms with Crippen molar-refractivity contribution < 1.29 is 18.3 Å². The van der Waals surface area contributed by atoms with Crippen LogP contribution in [0.1, 0.15) is 68.8 Å². The van der Waals surface area contributed by atoms with Crippen LogP contribution in [0.4, 0.5) is 8.78 Å². The Hall–Kier alpha value is -2.57. The molecule has 148 valence electrons. The Morgan fingerprint density at radius 3 is 2.61 bits per heavy atom. The first-order chi connectivity index (χ1) is 13.2. The standard InChI is InChI=1S/C21H23F2N3O2/c1-21(2,3)20(27)24-19(28-4)17-16-11-5-6-12(9-11)18(16)26(25-17)15-8-7-13(22)10-14(15)23/h7-8,10-12H,5-6,9H2,1-4H3/t11-,12+/m1/s1. The molecule has 1 saturated carbocycles. The molecule has 0 N–H and O–H groups in total. The fourth-order valence-corrected chi connectivity index (χ4v) is 4.18. The fourth-order valence-electron chi connectivity index (χ4n) is 4.18. The minimum Gasteiger partial charge on any atom is -0.479 e. The SMILES string of the molecule is COC(=NC(=O)C(C)(C)C)c1nn(-c2ccc(F)cc2F)c2c1[C@@H]1CC[C@H]2C1. The molecule has 4 rings (SSSR count). The molecule has 2 bridgehead atoms. The van der Waals surface area contributed by atoms with E-state index in [0.717, 1.165) is 36.6 Å². The van der Waals surface area contributed by atoms with E-state index < -0.39 is 17.0 Å². The van der Waals surface area contributed by atoms with Gasteiger partial charge in [0.1, 0.15) is 11.5 Å². The van der Waals surface area contributed by atoms with Crippen molar-refractivity contribution in [3.63, 3.8) is 0 Å². The lowest BCUT2D eigenvalue weighted by atomic mass is 9.94. The first kappa shape index (κ1) is 18.8. The van der Waals surface area contributed by atoms with E-state index in [-0.39, 0.29) is 29.3 Å². The van der Waals surface area contributed by atoms with Gasteiger partial charge in [-0.1, -0.05) is 20.8 Å². The van der Waals surface area contributed by atoms with Crippen LogP contribution in [-0.4, -0.2) is 28.7 Å². The molecule has 7 heteroatoms. The predicted molar refractivity (Wildman–Crippen MR) is 101 cm³/mol. The summed E-state index contributed by atoms with van der Waals surface area (Å²) in [7, 11) is 1.45. The van der Waals surface area contributed by atoms with Gasteiger partial charge < -0.3 is 4.74 Å². The molecule has 1 aromatic carbocycles. The van der Waals surface area contributed by atoms with Crippen LogP contribution in [0.3, 0.4) is 0 Å². The highest BCUT2D eigenvalue weighted by atomic mass is 19.1. The quantitative estimate of drug-likeness (QED) is 0.564. The maximum atomic E-state index is 14.5. The van der Waals surface area contributed by atoms with Crippen molar-refractivity contribution in [1.82, 2.24) is 9.78 Å². The van der Waals surface area contributed by atoms with Crippen LogP contribution in [0.2, 0.25) is 0 Å². The monoisotopic (exact) mass is 387 g/mol. The van der Waals surface area contributed by atoms with Gasteiger partial charge in [-0.15, -0.1) is 0 Å². The number of carbonyl (C=O) groups is 1. The van der Waals surface area contributed by atoms with Crippen LogP contribution < -0.4 is 0 Å². The minimum absolute atomic E-state index is 0.144. The number of hydrogen-bond acceptors (Lipinski definition) is 3. The molecule has 0 aliphatic heterocycles. The summed E-state index contributed by atoms with van der Waals surface area (Å²) in [4.78, 5) is 16.6. The van der Waals surface area contributed by atoms with Crippen molar-refractivity contribution in [2.75, 3.05) is 7.11 Å². The molecule has 1 amide bonds. The van der Waals surface area contributed by atoms with Gasteiger partial charge in [0.2, 0.25) is 5.90 Å². The zero-order valence-electron chi connectivity index (χ0n) is 16.4. The van der Waals surface area contributed by atoms with E-state index >= 15 is 0 Å². The van der Waals surface area contributed by atoms with Crippen LogP contribution in [0.15, 0.2) is 23.2 Å². The Labute approximate surface area is 162 Å². The number of carbonyl (C=O) groups excluding carboxylic acids is 1. The number of fused-ring (bicyclic) bond motifs is 5. The van der Waals surface area contributed by atoms with Gasteiger partial charge in [0.25, 0.3) is 5.91 Å². The lowest BCUT2D eigenvalue weighted by molar-refractivity contribution is -0.124. The summed E-state index contributed by atoms with van der Waals surface area (Å²) in [6.45, 7) is 5.35. The average molecular weight is 387 g/mol. The summed E-state index contributed by atoms with van der Waals surface area (Å²) < 4.78 is 34.8. The van der Waals surface area contributed by atoms with Crippen molar-refractivity contribution in [1.29, 1.82) is 0 Å². The number of aliphatic imine (C=N–C) groups is 1. The van der Waals surface area contributed by atoms with Gasteiger partial charge in [0.05, 0.1) is 12.8 Å². The van der Waals surface area contributed by atoms with Crippen LogP contribution in [0.5, 0.6) is 0 Å². The highest BCUT2D eigenvalue weighted by Gasteiger charge is 2.44. The molecule has 0 radical (unpaired) electrons. The van der Waals surface area contributed by atoms with Gasteiger partial charge in [0, 0.05) is 23.0 Å². The van der Waals surface area contributed by atoms with E-state index in [1.807, 2.05) is 0 Å². The highest BCUT2D eigenvalue weighted by Crippen LogP contribution is 2.54. The summed E-state index contributed by atoms with van der Waals surface area (Å²) in [5.74, 6) is -0.934. The lowest BCUT2D eigenvalue weighted by Crippen LogP contribution is -2.21. The lowest BCUT2D eigenvalue weighted by Gasteiger charge is -2.15. The van der Waals surface area contributed by atoms with E-state index in [2.05, 4.69) is 10.1 Å². The van der Waals surface area contributed by atoms with E-state index in [0.29, 0.717) is 5.69 Å². The fraction of sp³-hybridized carbons (Fsp3) is 0.476. The van der Waals surface area contributed by atoms with Crippen molar-refractivity contribution in [2.24, 2.45) is 10.4 Å². The maximum absolute atomic E-state index is 14.5. The topological polar surface area (TPSA) is 56.5 Å². The zero-order valence-corrected chi connectivity index (χ0v) is 16.4. The molecule has 1 fully saturated rings. The molecular formula is C21H23F2N3O2. The largest absolute Gasteiger partial charge is 0.479 e. The number of ether oxygens (including phenoxy) is 1. The Kier molecular flexibility index (Phi) is 4.36. The number of nitrogens with zero attached hydrogens (tertiary/aromatic N) is 3. The molecule has 2 aliphatic rings. The Morgan fingerprint density at radius 2 is 1.96 bits per heavy atom. The molecule has 2 aliphatic carbocycles. The second-order valence-electron chi connectivity index (χ2n) is 8.54. The Morgan fingerprint density at radius 1 is 1.25 bits per heavy atom. The minimum atomic E-state index is -0.679. The van der Waals surface area contributed by atoms with Crippen molar-refractivity contribution >= 4 is 11.8 Å². The number of hydrogen-bond donors (Lipinski definition) is 0. The second-order valence-corrected chi connectivity index (χ2v) is 8.54. The highest BCUT2D eigenvalue weighted by molar-refractivity contribution is 6.02. The summed E-state index contributed by atoms with van der Waals surface area (Å²) in [5, 5.41) is 4.59. The smallest absolute Gasteiger partial charge is 0.254 e. The number of methoxy groups -OCH3 is 1. The van der Waals surface area contributed by atoms with Crippen LogP contribution in [0.25, 0.3) is 5.69 Å². The number of amides is 1. The summed E-state index contributed by atoms with van der Waals surface area (Å²) in [6.07, 6.45) is 2.99. The number of aromatic nitrogens is 2. The molecular weight excluding hydrogens is 364 g/mol. The van der Waals surface area contributed by atoms with Crippen molar-refractivity contribution in [3.8, 4) is 5.69 Å². The maximum Gasteiger partial charge on any atom is 0.254 e. The van der Waals surface area contributed by atoms with Gasteiger partial charge in [-0.05, 0) is 37.3 Å². The van der Waals surface area contributed by atoms with Crippen molar-refractivity contribution in [3.05, 3.63) is 46.8 Å². The molecule has 1 heterocycles. The average Bonchev–Trinajstić information content (AvgIpc) is 3.31. The number of halogens is 2. The van der Waals surface area contributed by atoms with Crippen LogP contribution in [0, 0.1) is 17.0 Å². The third-order valence-corrected chi connectivity index (χ3v) is 5.57. The number of benzene rings is 1. The van der Waals surface area contributed by atoms with Gasteiger partial charge in [-0.25, -0.2) is 13.5 Å². The number of rotatable bonds is 2. The summed E-state index contributed by atoms with van der Waals surface area (Å²) in [5.41, 5.74) is 1.91. The van der Waals surface area contributed by atoms with E-state index in [4.69, 9.17) is 4.74 Å². The Bertz CT molecular complexity index is 988. The molecule has 2 aromatic rings. The normalized spacial score (nSPS) is 21.1. The second kappa shape index (κ2) is 6.50. The predicted octanol–water partition coefficient (Wildman–Crippen LogP) is 4.48. The van der Waals surface area contributed by atoms with Crippen LogP contribution in [-0.2, 0) is 9.53 Å². The first-order valence-corrected chi connectivity index (χ1v) is 9.46.